The third-order valence-corrected chi connectivity index (χ3v) is 3.76. The summed E-state index contributed by atoms with van der Waals surface area (Å²) in [7, 11) is 2.92. The molecule has 0 aliphatic heterocycles. The molecule has 2 N–H and O–H groups in total. The number of hydrogen-bond acceptors (Lipinski definition) is 3. The normalized spacial score (nSPS) is 17.4. The zero-order valence-corrected chi connectivity index (χ0v) is 10.3. The van der Waals surface area contributed by atoms with Crippen LogP contribution in [-0.4, -0.2) is 20.8 Å². The van der Waals surface area contributed by atoms with Crippen molar-refractivity contribution in [3.63, 3.8) is 0 Å². The molecule has 1 saturated carbocycles. The molecule has 0 heterocycles. The lowest BCUT2D eigenvalue weighted by molar-refractivity contribution is 0.239. The molecule has 0 amide bonds. The Kier molecular flexibility index (Phi) is 3.24. The Hall–Kier alpha value is -1.29. The summed E-state index contributed by atoms with van der Waals surface area (Å²) in [4.78, 5) is 0. The summed E-state index contributed by atoms with van der Waals surface area (Å²) in [5.41, 5.74) is 6.59. The van der Waals surface area contributed by atoms with Gasteiger partial charge in [0.05, 0.1) is 14.2 Å². The van der Waals surface area contributed by atoms with E-state index in [9.17, 15) is 4.39 Å². The molecule has 4 heteroatoms. The summed E-state index contributed by atoms with van der Waals surface area (Å²) in [6.45, 7) is 0.523. The van der Waals surface area contributed by atoms with Crippen molar-refractivity contribution in [2.45, 2.75) is 24.7 Å². The molecule has 0 atom stereocenters. The van der Waals surface area contributed by atoms with Crippen LogP contribution in [0.2, 0.25) is 0 Å². The number of rotatable bonds is 4. The van der Waals surface area contributed by atoms with Gasteiger partial charge >= 0.3 is 0 Å². The Labute approximate surface area is 101 Å². The first-order chi connectivity index (χ1) is 8.18. The maximum atomic E-state index is 14.1. The monoisotopic (exact) mass is 239 g/mol. The van der Waals surface area contributed by atoms with Gasteiger partial charge in [-0.25, -0.2) is 0 Å². The van der Waals surface area contributed by atoms with E-state index in [1.165, 1.54) is 14.2 Å². The standard InChI is InChI=1S/C13H18FNO2/c1-16-10-5-4-9(12(17-2)11(10)14)13(8-15)6-3-7-13/h4-5H,3,6-8,15H2,1-2H3. The fourth-order valence-corrected chi connectivity index (χ4v) is 2.50. The molecule has 0 unspecified atom stereocenters. The van der Waals surface area contributed by atoms with Crippen LogP contribution in [0.4, 0.5) is 4.39 Å². The van der Waals surface area contributed by atoms with E-state index in [1.807, 2.05) is 6.07 Å². The van der Waals surface area contributed by atoms with Crippen LogP contribution in [-0.2, 0) is 5.41 Å². The van der Waals surface area contributed by atoms with Crippen molar-refractivity contribution in [3.8, 4) is 11.5 Å². The van der Waals surface area contributed by atoms with Crippen molar-refractivity contribution < 1.29 is 13.9 Å². The smallest absolute Gasteiger partial charge is 0.207 e. The van der Waals surface area contributed by atoms with Gasteiger partial charge in [0, 0.05) is 17.5 Å². The largest absolute Gasteiger partial charge is 0.494 e. The Balaban J connectivity index is 2.51. The number of halogens is 1. The molecular weight excluding hydrogens is 221 g/mol. The molecule has 0 bridgehead atoms. The third-order valence-electron chi connectivity index (χ3n) is 3.76. The van der Waals surface area contributed by atoms with Gasteiger partial charge in [-0.15, -0.1) is 0 Å². The quantitative estimate of drug-likeness (QED) is 0.876. The fourth-order valence-electron chi connectivity index (χ4n) is 2.50. The number of hydrogen-bond donors (Lipinski definition) is 1. The first kappa shape index (κ1) is 12.2. The van der Waals surface area contributed by atoms with E-state index in [2.05, 4.69) is 0 Å². The molecule has 3 nitrogen and oxygen atoms in total. The van der Waals surface area contributed by atoms with E-state index in [1.54, 1.807) is 6.07 Å². The first-order valence-electron chi connectivity index (χ1n) is 5.79. The second kappa shape index (κ2) is 4.53. The summed E-state index contributed by atoms with van der Waals surface area (Å²) in [6.07, 6.45) is 3.12. The van der Waals surface area contributed by atoms with Crippen LogP contribution >= 0.6 is 0 Å². The van der Waals surface area contributed by atoms with E-state index >= 15 is 0 Å². The minimum atomic E-state index is -0.438. The van der Waals surface area contributed by atoms with Crippen molar-refractivity contribution in [1.82, 2.24) is 0 Å². The lowest BCUT2D eigenvalue weighted by atomic mass is 9.64. The van der Waals surface area contributed by atoms with Gasteiger partial charge < -0.3 is 15.2 Å². The summed E-state index contributed by atoms with van der Waals surface area (Å²) in [6, 6.07) is 3.51. The summed E-state index contributed by atoms with van der Waals surface area (Å²) >= 11 is 0. The molecule has 1 aromatic rings. The zero-order chi connectivity index (χ0) is 12.5. The molecule has 0 saturated heterocycles. The van der Waals surface area contributed by atoms with Crippen LogP contribution < -0.4 is 15.2 Å². The topological polar surface area (TPSA) is 44.5 Å². The first-order valence-corrected chi connectivity index (χ1v) is 5.79. The lowest BCUT2D eigenvalue weighted by Crippen LogP contribution is -2.41. The number of benzene rings is 1. The zero-order valence-electron chi connectivity index (χ0n) is 10.3. The number of methoxy groups -OCH3 is 2. The minimum absolute atomic E-state index is 0.113. The van der Waals surface area contributed by atoms with E-state index in [-0.39, 0.29) is 16.9 Å². The van der Waals surface area contributed by atoms with Crippen molar-refractivity contribution in [3.05, 3.63) is 23.5 Å². The number of nitrogens with two attached hydrogens (primary N) is 1. The highest BCUT2D eigenvalue weighted by Crippen LogP contribution is 2.48. The summed E-state index contributed by atoms with van der Waals surface area (Å²) < 4.78 is 24.2. The fraction of sp³-hybridized carbons (Fsp3) is 0.538. The van der Waals surface area contributed by atoms with Gasteiger partial charge in [0.1, 0.15) is 0 Å². The van der Waals surface area contributed by atoms with Gasteiger partial charge in [-0.05, 0) is 18.9 Å². The Bertz CT molecular complexity index is 411. The molecule has 94 valence electrons. The van der Waals surface area contributed by atoms with Gasteiger partial charge in [-0.3, -0.25) is 0 Å². The molecule has 1 aliphatic rings. The Morgan fingerprint density at radius 3 is 2.41 bits per heavy atom. The third kappa shape index (κ3) is 1.76. The van der Waals surface area contributed by atoms with Gasteiger partial charge in [-0.2, -0.15) is 4.39 Å². The van der Waals surface area contributed by atoms with Gasteiger partial charge in [0.25, 0.3) is 0 Å². The molecule has 0 radical (unpaired) electrons. The van der Waals surface area contributed by atoms with Crippen LogP contribution in [0, 0.1) is 5.82 Å². The van der Waals surface area contributed by atoms with E-state index in [4.69, 9.17) is 15.2 Å². The highest BCUT2D eigenvalue weighted by Gasteiger charge is 2.40. The molecule has 2 rings (SSSR count). The molecular formula is C13H18FNO2. The molecule has 1 aliphatic carbocycles. The SMILES string of the molecule is COc1ccc(C2(CN)CCC2)c(OC)c1F. The lowest BCUT2D eigenvalue weighted by Gasteiger charge is -2.42. The second-order valence-electron chi connectivity index (χ2n) is 4.50. The predicted molar refractivity (Wildman–Crippen MR) is 64.1 cm³/mol. The molecule has 0 aromatic heterocycles. The minimum Gasteiger partial charge on any atom is -0.494 e. The van der Waals surface area contributed by atoms with Crippen LogP contribution in [0.3, 0.4) is 0 Å². The van der Waals surface area contributed by atoms with Crippen LogP contribution in [0.15, 0.2) is 12.1 Å². The van der Waals surface area contributed by atoms with Crippen molar-refractivity contribution >= 4 is 0 Å². The van der Waals surface area contributed by atoms with Gasteiger partial charge in [-0.1, -0.05) is 12.5 Å². The van der Waals surface area contributed by atoms with Crippen LogP contribution in [0.25, 0.3) is 0 Å². The second-order valence-corrected chi connectivity index (χ2v) is 4.50. The molecule has 1 fully saturated rings. The van der Waals surface area contributed by atoms with Gasteiger partial charge in [0.2, 0.25) is 5.82 Å². The van der Waals surface area contributed by atoms with Crippen molar-refractivity contribution in [2.75, 3.05) is 20.8 Å². The summed E-state index contributed by atoms with van der Waals surface area (Å²) in [5, 5.41) is 0. The van der Waals surface area contributed by atoms with Crippen LogP contribution in [0.1, 0.15) is 24.8 Å². The molecule has 0 spiro atoms. The van der Waals surface area contributed by atoms with E-state index < -0.39 is 5.82 Å². The highest BCUT2D eigenvalue weighted by molar-refractivity contribution is 5.48. The Morgan fingerprint density at radius 2 is 2.00 bits per heavy atom. The molecule has 17 heavy (non-hydrogen) atoms. The highest BCUT2D eigenvalue weighted by atomic mass is 19.1. The van der Waals surface area contributed by atoms with Crippen LogP contribution in [0.5, 0.6) is 11.5 Å². The van der Waals surface area contributed by atoms with Crippen molar-refractivity contribution in [2.24, 2.45) is 5.73 Å². The van der Waals surface area contributed by atoms with E-state index in [0.29, 0.717) is 6.54 Å². The molecule has 1 aromatic carbocycles. The number of ether oxygens (including phenoxy) is 2. The van der Waals surface area contributed by atoms with E-state index in [0.717, 1.165) is 24.8 Å². The summed E-state index contributed by atoms with van der Waals surface area (Å²) in [5.74, 6) is 0.0406. The Morgan fingerprint density at radius 1 is 1.29 bits per heavy atom. The van der Waals surface area contributed by atoms with Gasteiger partial charge in [0.15, 0.2) is 11.5 Å². The average Bonchev–Trinajstić information content (AvgIpc) is 2.29. The predicted octanol–water partition coefficient (Wildman–Crippen LogP) is 2.22. The average molecular weight is 239 g/mol. The van der Waals surface area contributed by atoms with Crippen molar-refractivity contribution in [1.29, 1.82) is 0 Å². The maximum Gasteiger partial charge on any atom is 0.207 e. The maximum absolute atomic E-state index is 14.1.